The summed E-state index contributed by atoms with van der Waals surface area (Å²) in [4.78, 5) is 0. The smallest absolute Gasteiger partial charge is 0.312 e. The molecule has 0 atom stereocenters. The van der Waals surface area contributed by atoms with Gasteiger partial charge in [-0.05, 0) is 12.8 Å². The van der Waals surface area contributed by atoms with Gasteiger partial charge in [0.1, 0.15) is 0 Å². The van der Waals surface area contributed by atoms with E-state index in [0.29, 0.717) is 19.1 Å². The lowest BCUT2D eigenvalue weighted by atomic mass is 10.2. The fourth-order valence-corrected chi connectivity index (χ4v) is 1.59. The average molecular weight is 249 g/mol. The maximum absolute atomic E-state index is 12.3. The molecule has 0 unspecified atom stereocenters. The molecule has 1 aromatic heterocycles. The van der Waals surface area contributed by atoms with Gasteiger partial charge >= 0.3 is 6.18 Å². The Kier molecular flexibility index (Phi) is 4.99. The van der Waals surface area contributed by atoms with Gasteiger partial charge in [0.2, 0.25) is 0 Å². The normalized spacial score (nSPS) is 12.4. The van der Waals surface area contributed by atoms with Crippen LogP contribution in [0.25, 0.3) is 0 Å². The highest BCUT2D eigenvalue weighted by atomic mass is 19.4. The fourth-order valence-electron chi connectivity index (χ4n) is 1.59. The molecule has 1 aromatic rings. The Morgan fingerprint density at radius 2 is 2.00 bits per heavy atom. The molecule has 0 saturated carbocycles. The van der Waals surface area contributed by atoms with Crippen LogP contribution in [0.4, 0.5) is 13.2 Å². The van der Waals surface area contributed by atoms with Gasteiger partial charge in [0.05, 0.1) is 18.3 Å². The molecule has 0 aliphatic heterocycles. The lowest BCUT2D eigenvalue weighted by molar-refractivity contribution is -0.137. The SMILES string of the molecule is CCC(CC)NCCn1cc(C(F)(F)F)cn1. The van der Waals surface area contributed by atoms with Crippen molar-refractivity contribution in [2.75, 3.05) is 6.54 Å². The lowest BCUT2D eigenvalue weighted by Gasteiger charge is -2.14. The van der Waals surface area contributed by atoms with Crippen LogP contribution in [0.3, 0.4) is 0 Å². The van der Waals surface area contributed by atoms with Crippen LogP contribution in [-0.4, -0.2) is 22.4 Å². The number of aromatic nitrogens is 2. The van der Waals surface area contributed by atoms with Gasteiger partial charge in [0.25, 0.3) is 0 Å². The molecule has 0 aromatic carbocycles. The van der Waals surface area contributed by atoms with Crippen LogP contribution in [0.5, 0.6) is 0 Å². The van der Waals surface area contributed by atoms with Crippen molar-refractivity contribution in [1.82, 2.24) is 15.1 Å². The van der Waals surface area contributed by atoms with Crippen molar-refractivity contribution in [1.29, 1.82) is 0 Å². The molecule has 0 aliphatic carbocycles. The van der Waals surface area contributed by atoms with Crippen molar-refractivity contribution >= 4 is 0 Å². The minimum atomic E-state index is -4.30. The third-order valence-electron chi connectivity index (χ3n) is 2.72. The van der Waals surface area contributed by atoms with Crippen molar-refractivity contribution in [2.45, 2.75) is 45.5 Å². The Morgan fingerprint density at radius 1 is 1.35 bits per heavy atom. The second-order valence-corrected chi connectivity index (χ2v) is 3.96. The predicted octanol–water partition coefficient (Wildman–Crippen LogP) is 2.68. The third kappa shape index (κ3) is 4.38. The molecule has 0 aliphatic rings. The molecule has 17 heavy (non-hydrogen) atoms. The van der Waals surface area contributed by atoms with E-state index in [9.17, 15) is 13.2 Å². The molecular formula is C11H18F3N3. The largest absolute Gasteiger partial charge is 0.419 e. The van der Waals surface area contributed by atoms with Crippen molar-refractivity contribution in [3.63, 3.8) is 0 Å². The van der Waals surface area contributed by atoms with E-state index >= 15 is 0 Å². The van der Waals surface area contributed by atoms with Crippen LogP contribution in [-0.2, 0) is 12.7 Å². The number of halogens is 3. The molecule has 1 N–H and O–H groups in total. The van der Waals surface area contributed by atoms with E-state index in [1.165, 1.54) is 4.68 Å². The second-order valence-electron chi connectivity index (χ2n) is 3.96. The van der Waals surface area contributed by atoms with Gasteiger partial charge in [-0.3, -0.25) is 4.68 Å². The van der Waals surface area contributed by atoms with Crippen molar-refractivity contribution in [2.24, 2.45) is 0 Å². The molecule has 0 bridgehead atoms. The zero-order valence-electron chi connectivity index (χ0n) is 10.1. The molecular weight excluding hydrogens is 231 g/mol. The third-order valence-corrected chi connectivity index (χ3v) is 2.72. The number of nitrogens with one attached hydrogen (secondary N) is 1. The Morgan fingerprint density at radius 3 is 2.47 bits per heavy atom. The van der Waals surface area contributed by atoms with Gasteiger partial charge in [-0.25, -0.2) is 0 Å². The van der Waals surface area contributed by atoms with Crippen molar-refractivity contribution < 1.29 is 13.2 Å². The summed E-state index contributed by atoms with van der Waals surface area (Å²) in [5, 5.41) is 6.96. The fraction of sp³-hybridized carbons (Fsp3) is 0.727. The summed E-state index contributed by atoms with van der Waals surface area (Å²) in [6.45, 7) is 5.24. The van der Waals surface area contributed by atoms with E-state index in [-0.39, 0.29) is 0 Å². The summed E-state index contributed by atoms with van der Waals surface area (Å²) >= 11 is 0. The van der Waals surface area contributed by atoms with Gasteiger partial charge in [0, 0.05) is 18.8 Å². The lowest BCUT2D eigenvalue weighted by Crippen LogP contribution is -2.30. The first-order chi connectivity index (χ1) is 7.97. The summed E-state index contributed by atoms with van der Waals surface area (Å²) in [7, 11) is 0. The van der Waals surface area contributed by atoms with Gasteiger partial charge in [-0.1, -0.05) is 13.8 Å². The van der Waals surface area contributed by atoms with E-state index in [1.54, 1.807) is 0 Å². The first-order valence-corrected chi connectivity index (χ1v) is 5.80. The molecule has 0 amide bonds. The van der Waals surface area contributed by atoms with E-state index in [0.717, 1.165) is 25.2 Å². The summed E-state index contributed by atoms with van der Waals surface area (Å²) in [6.07, 6.45) is -0.375. The minimum Gasteiger partial charge on any atom is -0.312 e. The highest BCUT2D eigenvalue weighted by Crippen LogP contribution is 2.28. The van der Waals surface area contributed by atoms with Gasteiger partial charge in [-0.2, -0.15) is 18.3 Å². The number of hydrogen-bond acceptors (Lipinski definition) is 2. The molecule has 1 rings (SSSR count). The van der Waals surface area contributed by atoms with Crippen LogP contribution in [0.15, 0.2) is 12.4 Å². The van der Waals surface area contributed by atoms with Crippen LogP contribution >= 0.6 is 0 Å². The van der Waals surface area contributed by atoms with Crippen LogP contribution in [0.1, 0.15) is 32.3 Å². The van der Waals surface area contributed by atoms with Crippen LogP contribution in [0, 0.1) is 0 Å². The maximum Gasteiger partial charge on any atom is 0.419 e. The summed E-state index contributed by atoms with van der Waals surface area (Å²) < 4.78 is 38.2. The number of alkyl halides is 3. The Balaban J connectivity index is 2.40. The molecule has 0 spiro atoms. The zero-order chi connectivity index (χ0) is 12.9. The minimum absolute atomic E-state index is 0.424. The van der Waals surface area contributed by atoms with Gasteiger partial charge in [0.15, 0.2) is 0 Å². The molecule has 0 saturated heterocycles. The second kappa shape index (κ2) is 6.05. The number of hydrogen-bond donors (Lipinski definition) is 1. The van der Waals surface area contributed by atoms with Crippen molar-refractivity contribution in [3.05, 3.63) is 18.0 Å². The van der Waals surface area contributed by atoms with Gasteiger partial charge in [-0.15, -0.1) is 0 Å². The molecule has 1 heterocycles. The average Bonchev–Trinajstić information content (AvgIpc) is 2.73. The van der Waals surface area contributed by atoms with Crippen LogP contribution in [0.2, 0.25) is 0 Å². The predicted molar refractivity (Wildman–Crippen MR) is 59.6 cm³/mol. The molecule has 98 valence electrons. The van der Waals surface area contributed by atoms with E-state index < -0.39 is 11.7 Å². The summed E-state index contributed by atoms with van der Waals surface area (Å²) in [5.41, 5.74) is -0.694. The zero-order valence-corrected chi connectivity index (χ0v) is 10.1. The Hall–Kier alpha value is -1.04. The number of nitrogens with zero attached hydrogens (tertiary/aromatic N) is 2. The summed E-state index contributed by atoms with van der Waals surface area (Å²) in [5.74, 6) is 0. The topological polar surface area (TPSA) is 29.9 Å². The highest BCUT2D eigenvalue weighted by molar-refractivity contribution is 5.08. The van der Waals surface area contributed by atoms with E-state index in [4.69, 9.17) is 0 Å². The maximum atomic E-state index is 12.3. The standard InChI is InChI=1S/C11H18F3N3/c1-3-10(4-2)15-5-6-17-8-9(7-16-17)11(12,13)14/h7-8,10,15H,3-6H2,1-2H3. The Labute approximate surface area is 99.0 Å². The highest BCUT2D eigenvalue weighted by Gasteiger charge is 2.32. The van der Waals surface area contributed by atoms with Gasteiger partial charge < -0.3 is 5.32 Å². The Bertz CT molecular complexity index is 329. The monoisotopic (exact) mass is 249 g/mol. The molecule has 6 heteroatoms. The first kappa shape index (κ1) is 14.0. The molecule has 0 radical (unpaired) electrons. The molecule has 3 nitrogen and oxygen atoms in total. The quantitative estimate of drug-likeness (QED) is 0.840. The summed E-state index contributed by atoms with van der Waals surface area (Å²) in [6, 6.07) is 0.424. The van der Waals surface area contributed by atoms with E-state index in [2.05, 4.69) is 24.3 Å². The first-order valence-electron chi connectivity index (χ1n) is 5.80. The van der Waals surface area contributed by atoms with Crippen LogP contribution < -0.4 is 5.32 Å². The molecule has 0 fully saturated rings. The van der Waals surface area contributed by atoms with Crippen molar-refractivity contribution in [3.8, 4) is 0 Å². The number of rotatable bonds is 6. The van der Waals surface area contributed by atoms with E-state index in [1.807, 2.05) is 0 Å².